The first kappa shape index (κ1) is 30.2. The molecule has 0 radical (unpaired) electrons. The van der Waals surface area contributed by atoms with Crippen molar-refractivity contribution in [2.75, 3.05) is 69.4 Å². The Morgan fingerprint density at radius 3 is 2.70 bits per heavy atom. The topological polar surface area (TPSA) is 110 Å². The summed E-state index contributed by atoms with van der Waals surface area (Å²) in [5.41, 5.74) is 4.85. The van der Waals surface area contributed by atoms with Crippen LogP contribution in [-0.4, -0.2) is 92.9 Å². The third kappa shape index (κ3) is 6.56. The normalized spacial score (nSPS) is 19.9. The number of rotatable bonds is 11. The number of likely N-dealkylation sites (tertiary alicyclic amines) is 1. The van der Waals surface area contributed by atoms with Gasteiger partial charge in [0.2, 0.25) is 0 Å². The van der Waals surface area contributed by atoms with Crippen LogP contribution in [0.5, 0.6) is 11.5 Å². The molecule has 2 atom stereocenters. The van der Waals surface area contributed by atoms with E-state index < -0.39 is 6.09 Å². The molecule has 4 aromatic rings. The number of benzene rings is 3. The number of aromatic nitrogens is 1. The second-order valence-electron chi connectivity index (χ2n) is 12.1. The van der Waals surface area contributed by atoms with E-state index in [2.05, 4.69) is 33.0 Å². The van der Waals surface area contributed by atoms with Gasteiger partial charge >= 0.3 is 6.09 Å². The zero-order valence-electron chi connectivity index (χ0n) is 26.0. The van der Waals surface area contributed by atoms with Crippen molar-refractivity contribution in [3.8, 4) is 11.5 Å². The standard InChI is InChI=1S/C35H40N4O7/c1-42-17-4-14-37-16-18-43-32-12-7-24(19-30(32)37)23-44-33-22-38(35(40)41)15-13-28(33)25-8-10-26(11-9-25)45-27-20-39(21-27)34-36-29-5-2-3-6-31(29)46-34/h2-3,5-12,19,27-28,33H,4,13-18,20-23H2,1H3,(H,40,41). The highest BCUT2D eigenvalue weighted by atomic mass is 16.5. The van der Waals surface area contributed by atoms with E-state index in [1.54, 1.807) is 7.11 Å². The molecule has 0 saturated carbocycles. The lowest BCUT2D eigenvalue weighted by Crippen LogP contribution is -2.54. The number of ether oxygens (including phenoxy) is 4. The predicted octanol–water partition coefficient (Wildman–Crippen LogP) is 5.38. The summed E-state index contributed by atoms with van der Waals surface area (Å²) in [6, 6.07) is 22.7. The van der Waals surface area contributed by atoms with Crippen LogP contribution in [0, 0.1) is 0 Å². The zero-order valence-corrected chi connectivity index (χ0v) is 26.0. The Kier molecular flexibility index (Phi) is 8.85. The summed E-state index contributed by atoms with van der Waals surface area (Å²) >= 11 is 0. The summed E-state index contributed by atoms with van der Waals surface area (Å²) < 4.78 is 29.8. The third-order valence-corrected chi connectivity index (χ3v) is 9.07. The maximum atomic E-state index is 11.9. The molecule has 1 amide bonds. The van der Waals surface area contributed by atoms with Crippen molar-refractivity contribution in [1.82, 2.24) is 9.88 Å². The van der Waals surface area contributed by atoms with Crippen molar-refractivity contribution >= 4 is 28.9 Å². The molecule has 2 unspecified atom stereocenters. The number of anilines is 2. The molecule has 46 heavy (non-hydrogen) atoms. The van der Waals surface area contributed by atoms with Crippen molar-refractivity contribution in [2.24, 2.45) is 0 Å². The monoisotopic (exact) mass is 628 g/mol. The highest BCUT2D eigenvalue weighted by Gasteiger charge is 2.34. The number of carbonyl (C=O) groups is 1. The van der Waals surface area contributed by atoms with Gasteiger partial charge in [-0.25, -0.2) is 4.79 Å². The Bertz CT molecular complexity index is 1600. The van der Waals surface area contributed by atoms with Crippen molar-refractivity contribution in [3.63, 3.8) is 0 Å². The Hall–Kier alpha value is -4.48. The van der Waals surface area contributed by atoms with Gasteiger partial charge in [0.1, 0.15) is 29.7 Å². The Labute approximate surface area is 268 Å². The first-order chi connectivity index (χ1) is 22.5. The second-order valence-corrected chi connectivity index (χ2v) is 12.1. The number of nitrogens with zero attached hydrogens (tertiary/aromatic N) is 4. The van der Waals surface area contributed by atoms with Crippen molar-refractivity contribution in [2.45, 2.75) is 37.6 Å². The number of methoxy groups -OCH3 is 1. The molecule has 1 aromatic heterocycles. The molecule has 1 N–H and O–H groups in total. The number of fused-ring (bicyclic) bond motifs is 2. The highest BCUT2D eigenvalue weighted by molar-refractivity contribution is 5.74. The minimum atomic E-state index is -0.916. The summed E-state index contributed by atoms with van der Waals surface area (Å²) in [5.74, 6) is 1.75. The molecular formula is C35H40N4O7. The van der Waals surface area contributed by atoms with Crippen LogP contribution in [0.3, 0.4) is 0 Å². The molecule has 3 aliphatic heterocycles. The lowest BCUT2D eigenvalue weighted by molar-refractivity contribution is -0.0199. The van der Waals surface area contributed by atoms with Crippen LogP contribution in [-0.2, 0) is 16.1 Å². The summed E-state index contributed by atoms with van der Waals surface area (Å²) in [6.45, 7) is 5.69. The zero-order chi connectivity index (χ0) is 31.5. The Morgan fingerprint density at radius 1 is 1.04 bits per heavy atom. The Morgan fingerprint density at radius 2 is 1.89 bits per heavy atom. The fourth-order valence-electron chi connectivity index (χ4n) is 6.53. The summed E-state index contributed by atoms with van der Waals surface area (Å²) in [6.07, 6.45) is 0.478. The molecular weight excluding hydrogens is 588 g/mol. The average molecular weight is 629 g/mol. The molecule has 0 spiro atoms. The van der Waals surface area contributed by atoms with Gasteiger partial charge in [0.15, 0.2) is 5.58 Å². The molecule has 242 valence electrons. The van der Waals surface area contributed by atoms with E-state index in [1.165, 1.54) is 4.90 Å². The van der Waals surface area contributed by atoms with Crippen molar-refractivity contribution < 1.29 is 33.3 Å². The number of amides is 1. The lowest BCUT2D eigenvalue weighted by atomic mass is 9.87. The first-order valence-corrected chi connectivity index (χ1v) is 16.0. The van der Waals surface area contributed by atoms with Gasteiger partial charge in [-0.3, -0.25) is 0 Å². The third-order valence-electron chi connectivity index (χ3n) is 9.07. The highest BCUT2D eigenvalue weighted by Crippen LogP contribution is 2.35. The smallest absolute Gasteiger partial charge is 0.407 e. The summed E-state index contributed by atoms with van der Waals surface area (Å²) in [4.78, 5) is 22.3. The fourth-order valence-corrected chi connectivity index (χ4v) is 6.53. The molecule has 4 heterocycles. The van der Waals surface area contributed by atoms with E-state index in [0.717, 1.165) is 58.9 Å². The largest absolute Gasteiger partial charge is 0.490 e. The van der Waals surface area contributed by atoms with Crippen molar-refractivity contribution in [1.29, 1.82) is 0 Å². The van der Waals surface area contributed by atoms with Crippen LogP contribution in [0.15, 0.2) is 71.1 Å². The fraction of sp³-hybridized carbons (Fsp3) is 0.429. The van der Waals surface area contributed by atoms with Gasteiger partial charge in [-0.1, -0.05) is 30.3 Å². The van der Waals surface area contributed by atoms with E-state index in [-0.39, 0.29) is 18.1 Å². The number of para-hydroxylation sites is 2. The molecule has 7 rings (SSSR count). The van der Waals surface area contributed by atoms with Gasteiger partial charge in [-0.05, 0) is 60.4 Å². The summed E-state index contributed by atoms with van der Waals surface area (Å²) in [5, 5.41) is 9.74. The molecule has 0 aliphatic carbocycles. The minimum Gasteiger partial charge on any atom is -0.490 e. The van der Waals surface area contributed by atoms with Gasteiger partial charge in [0, 0.05) is 32.7 Å². The molecule has 2 saturated heterocycles. The number of oxazole rings is 1. The molecule has 11 nitrogen and oxygen atoms in total. The quantitative estimate of drug-likeness (QED) is 0.217. The molecule has 11 heteroatoms. The molecule has 3 aliphatic rings. The van der Waals surface area contributed by atoms with E-state index >= 15 is 0 Å². The van der Waals surface area contributed by atoms with E-state index in [1.807, 2.05) is 48.5 Å². The maximum Gasteiger partial charge on any atom is 0.407 e. The molecule has 3 aromatic carbocycles. The van der Waals surface area contributed by atoms with Gasteiger partial charge in [-0.15, -0.1) is 0 Å². The number of carboxylic acid groups (broad SMARTS) is 1. The van der Waals surface area contributed by atoms with Crippen LogP contribution in [0.2, 0.25) is 0 Å². The molecule has 2 fully saturated rings. The van der Waals surface area contributed by atoms with Gasteiger partial charge < -0.3 is 43.2 Å². The average Bonchev–Trinajstić information content (AvgIpc) is 3.49. The van der Waals surface area contributed by atoms with Crippen molar-refractivity contribution in [3.05, 3.63) is 77.9 Å². The van der Waals surface area contributed by atoms with Crippen LogP contribution in [0.1, 0.15) is 29.9 Å². The maximum absolute atomic E-state index is 11.9. The first-order valence-electron chi connectivity index (χ1n) is 16.0. The van der Waals surface area contributed by atoms with Crippen LogP contribution >= 0.6 is 0 Å². The second kappa shape index (κ2) is 13.5. The Balaban J connectivity index is 0.978. The van der Waals surface area contributed by atoms with Gasteiger partial charge in [0.05, 0.1) is 44.6 Å². The predicted molar refractivity (Wildman–Crippen MR) is 173 cm³/mol. The lowest BCUT2D eigenvalue weighted by Gasteiger charge is -2.38. The summed E-state index contributed by atoms with van der Waals surface area (Å²) in [7, 11) is 1.72. The minimum absolute atomic E-state index is 0.0497. The number of piperidine rings is 1. The van der Waals surface area contributed by atoms with Gasteiger partial charge in [-0.2, -0.15) is 4.98 Å². The van der Waals surface area contributed by atoms with E-state index in [4.69, 9.17) is 23.4 Å². The van der Waals surface area contributed by atoms with Crippen LogP contribution < -0.4 is 19.3 Å². The number of hydrogen-bond acceptors (Lipinski definition) is 9. The van der Waals surface area contributed by atoms with E-state index in [9.17, 15) is 9.90 Å². The van der Waals surface area contributed by atoms with Crippen LogP contribution in [0.25, 0.3) is 11.1 Å². The number of hydrogen-bond donors (Lipinski definition) is 1. The van der Waals surface area contributed by atoms with Gasteiger partial charge in [0.25, 0.3) is 6.01 Å². The SMILES string of the molecule is COCCCN1CCOc2ccc(COC3CN(C(=O)O)CCC3c3ccc(OC4CN(c5nc6ccccc6o5)C4)cc3)cc21. The van der Waals surface area contributed by atoms with Crippen LogP contribution in [0.4, 0.5) is 16.5 Å². The molecule has 0 bridgehead atoms. The van der Waals surface area contributed by atoms with E-state index in [0.29, 0.717) is 58.4 Å².